The summed E-state index contributed by atoms with van der Waals surface area (Å²) in [5, 5.41) is 16.2. The van der Waals surface area contributed by atoms with E-state index in [9.17, 15) is 13.9 Å². The Morgan fingerprint density at radius 3 is 2.82 bits per heavy atom. The second-order valence-electron chi connectivity index (χ2n) is 7.35. The first-order valence-corrected chi connectivity index (χ1v) is 9.03. The fourth-order valence-electron chi connectivity index (χ4n) is 3.13. The number of aromatic nitrogens is 5. The van der Waals surface area contributed by atoms with Gasteiger partial charge in [0.2, 0.25) is 5.95 Å². The fraction of sp³-hybridized carbons (Fsp3) is 0.444. The Hall–Kier alpha value is -2.72. The maximum atomic E-state index is 14.5. The van der Waals surface area contributed by atoms with Crippen LogP contribution in [-0.4, -0.2) is 54.7 Å². The molecule has 148 valence electrons. The minimum Gasteiger partial charge on any atom is -0.384 e. The molecule has 1 aliphatic heterocycles. The Balaban J connectivity index is 1.72. The molecule has 0 radical (unpaired) electrons. The van der Waals surface area contributed by atoms with Crippen molar-refractivity contribution in [2.75, 3.05) is 18.4 Å². The van der Waals surface area contributed by atoms with E-state index in [4.69, 9.17) is 0 Å². The SMILES string of the molecule is CC(C)(O)c1cn2c(-c3nc(NC4CNCCC4F)ncc3F)cnc2cn1. The summed E-state index contributed by atoms with van der Waals surface area (Å²) in [6.07, 6.45) is 4.97. The van der Waals surface area contributed by atoms with E-state index in [1.165, 1.54) is 12.4 Å². The van der Waals surface area contributed by atoms with Crippen molar-refractivity contribution in [2.45, 2.75) is 38.1 Å². The van der Waals surface area contributed by atoms with E-state index >= 15 is 0 Å². The van der Waals surface area contributed by atoms with Gasteiger partial charge in [-0.15, -0.1) is 0 Å². The van der Waals surface area contributed by atoms with Crippen LogP contribution in [0, 0.1) is 5.82 Å². The lowest BCUT2D eigenvalue weighted by Gasteiger charge is -2.27. The van der Waals surface area contributed by atoms with Gasteiger partial charge < -0.3 is 15.7 Å². The third kappa shape index (κ3) is 3.52. The zero-order valence-electron chi connectivity index (χ0n) is 15.5. The van der Waals surface area contributed by atoms with Crippen LogP contribution in [0.1, 0.15) is 26.0 Å². The van der Waals surface area contributed by atoms with Crippen LogP contribution < -0.4 is 10.6 Å². The van der Waals surface area contributed by atoms with Gasteiger partial charge in [0.1, 0.15) is 17.5 Å². The number of nitrogens with zero attached hydrogens (tertiary/aromatic N) is 5. The molecule has 8 nitrogen and oxygen atoms in total. The number of hydrogen-bond donors (Lipinski definition) is 3. The highest BCUT2D eigenvalue weighted by molar-refractivity contribution is 5.61. The van der Waals surface area contributed by atoms with Crippen molar-refractivity contribution in [3.63, 3.8) is 0 Å². The molecule has 0 saturated carbocycles. The number of nitrogens with one attached hydrogen (secondary N) is 2. The Morgan fingerprint density at radius 2 is 2.07 bits per heavy atom. The highest BCUT2D eigenvalue weighted by Crippen LogP contribution is 2.25. The lowest BCUT2D eigenvalue weighted by molar-refractivity contribution is 0.0734. The molecule has 2 unspecified atom stereocenters. The van der Waals surface area contributed by atoms with E-state index in [0.29, 0.717) is 36.5 Å². The molecule has 4 heterocycles. The van der Waals surface area contributed by atoms with Gasteiger partial charge >= 0.3 is 0 Å². The summed E-state index contributed by atoms with van der Waals surface area (Å²) in [4.78, 5) is 16.6. The van der Waals surface area contributed by atoms with Crippen molar-refractivity contribution < 1.29 is 13.9 Å². The van der Waals surface area contributed by atoms with Gasteiger partial charge in [-0.2, -0.15) is 0 Å². The number of anilines is 1. The van der Waals surface area contributed by atoms with Crippen molar-refractivity contribution in [1.29, 1.82) is 0 Å². The first-order valence-electron chi connectivity index (χ1n) is 9.03. The molecule has 0 aromatic carbocycles. The van der Waals surface area contributed by atoms with Crippen molar-refractivity contribution in [3.8, 4) is 11.4 Å². The lowest BCUT2D eigenvalue weighted by Crippen LogP contribution is -2.46. The monoisotopic (exact) mass is 389 g/mol. The molecule has 0 amide bonds. The highest BCUT2D eigenvalue weighted by Gasteiger charge is 2.26. The Labute approximate surface area is 160 Å². The van der Waals surface area contributed by atoms with Gasteiger partial charge in [-0.1, -0.05) is 0 Å². The number of hydrogen-bond acceptors (Lipinski definition) is 7. The zero-order chi connectivity index (χ0) is 19.9. The predicted octanol–water partition coefficient (Wildman–Crippen LogP) is 1.66. The van der Waals surface area contributed by atoms with Gasteiger partial charge in [0.05, 0.1) is 36.0 Å². The number of alkyl halides is 1. The van der Waals surface area contributed by atoms with Crippen LogP contribution in [0.25, 0.3) is 17.0 Å². The van der Waals surface area contributed by atoms with E-state index in [2.05, 4.69) is 30.6 Å². The van der Waals surface area contributed by atoms with Gasteiger partial charge in [0.25, 0.3) is 0 Å². The van der Waals surface area contributed by atoms with Gasteiger partial charge in [0, 0.05) is 12.7 Å². The number of imidazole rings is 1. The summed E-state index contributed by atoms with van der Waals surface area (Å²) in [6.45, 7) is 4.27. The van der Waals surface area contributed by atoms with Crippen LogP contribution in [-0.2, 0) is 5.60 Å². The molecule has 0 bridgehead atoms. The number of halogens is 2. The summed E-state index contributed by atoms with van der Waals surface area (Å²) in [6, 6.07) is -0.486. The molecular weight excluding hydrogens is 368 g/mol. The average Bonchev–Trinajstić information content (AvgIpc) is 3.07. The quantitative estimate of drug-likeness (QED) is 0.624. The number of piperidine rings is 1. The Morgan fingerprint density at radius 1 is 1.25 bits per heavy atom. The van der Waals surface area contributed by atoms with Crippen molar-refractivity contribution in [2.24, 2.45) is 0 Å². The van der Waals surface area contributed by atoms with Crippen molar-refractivity contribution in [1.82, 2.24) is 29.7 Å². The second-order valence-corrected chi connectivity index (χ2v) is 7.35. The van der Waals surface area contributed by atoms with E-state index < -0.39 is 23.6 Å². The van der Waals surface area contributed by atoms with Crippen LogP contribution in [0.2, 0.25) is 0 Å². The zero-order valence-corrected chi connectivity index (χ0v) is 15.5. The molecule has 3 aromatic rings. The van der Waals surface area contributed by atoms with Gasteiger partial charge in [-0.05, 0) is 26.8 Å². The van der Waals surface area contributed by atoms with Gasteiger partial charge in [-0.3, -0.25) is 9.38 Å². The molecule has 3 aromatic heterocycles. The van der Waals surface area contributed by atoms with Crippen LogP contribution in [0.3, 0.4) is 0 Å². The summed E-state index contributed by atoms with van der Waals surface area (Å²) < 4.78 is 30.2. The van der Waals surface area contributed by atoms with Crippen LogP contribution in [0.15, 0.2) is 24.8 Å². The first kappa shape index (κ1) is 18.6. The fourth-order valence-corrected chi connectivity index (χ4v) is 3.13. The van der Waals surface area contributed by atoms with E-state index in [0.717, 1.165) is 6.20 Å². The maximum absolute atomic E-state index is 14.5. The third-order valence-electron chi connectivity index (χ3n) is 4.72. The van der Waals surface area contributed by atoms with Gasteiger partial charge in [0.15, 0.2) is 11.5 Å². The summed E-state index contributed by atoms with van der Waals surface area (Å²) in [5.74, 6) is -0.494. The molecule has 0 aliphatic carbocycles. The molecule has 3 N–H and O–H groups in total. The van der Waals surface area contributed by atoms with Crippen LogP contribution >= 0.6 is 0 Å². The second kappa shape index (κ2) is 7.02. The Bertz CT molecular complexity index is 1000. The van der Waals surface area contributed by atoms with Crippen molar-refractivity contribution >= 4 is 11.6 Å². The molecule has 28 heavy (non-hydrogen) atoms. The summed E-state index contributed by atoms with van der Waals surface area (Å²) in [5.41, 5.74) is 0.120. The number of aliphatic hydroxyl groups is 1. The average molecular weight is 389 g/mol. The molecule has 1 aliphatic rings. The van der Waals surface area contributed by atoms with E-state index in [-0.39, 0.29) is 11.6 Å². The van der Waals surface area contributed by atoms with E-state index in [1.54, 1.807) is 24.4 Å². The summed E-state index contributed by atoms with van der Waals surface area (Å²) in [7, 11) is 0. The maximum Gasteiger partial charge on any atom is 0.223 e. The number of fused-ring (bicyclic) bond motifs is 1. The molecule has 1 fully saturated rings. The molecular formula is C18H21F2N7O. The lowest BCUT2D eigenvalue weighted by atomic mass is 10.1. The van der Waals surface area contributed by atoms with Crippen molar-refractivity contribution in [3.05, 3.63) is 36.3 Å². The number of rotatable bonds is 4. The topological polar surface area (TPSA) is 100 Å². The molecule has 10 heteroatoms. The molecule has 4 rings (SSSR count). The molecule has 0 spiro atoms. The van der Waals surface area contributed by atoms with Gasteiger partial charge in [-0.25, -0.2) is 23.7 Å². The standard InChI is InChI=1S/C18H21F2N7O/c1-18(2,28)14-9-27-13(7-23-15(27)8-22-14)16-11(20)5-24-17(26-16)25-12-6-21-4-3-10(12)19/h5,7-10,12,21,28H,3-4,6H2,1-2H3,(H,24,25,26). The normalized spacial score (nSPS) is 20.5. The minimum atomic E-state index is -1.17. The molecule has 2 atom stereocenters. The smallest absolute Gasteiger partial charge is 0.223 e. The third-order valence-corrected chi connectivity index (χ3v) is 4.72. The largest absolute Gasteiger partial charge is 0.384 e. The summed E-state index contributed by atoms with van der Waals surface area (Å²) >= 11 is 0. The molecule has 1 saturated heterocycles. The minimum absolute atomic E-state index is 0.0251. The predicted molar refractivity (Wildman–Crippen MR) is 99.0 cm³/mol. The van der Waals surface area contributed by atoms with E-state index in [1.807, 2.05) is 0 Å². The van der Waals surface area contributed by atoms with Crippen LogP contribution in [0.4, 0.5) is 14.7 Å². The first-order chi connectivity index (χ1) is 13.3. The highest BCUT2D eigenvalue weighted by atomic mass is 19.1. The van der Waals surface area contributed by atoms with Crippen LogP contribution in [0.5, 0.6) is 0 Å². The Kier molecular flexibility index (Phi) is 4.68.